The molecule has 0 unspecified atom stereocenters. The maximum absolute atomic E-state index is 6.75. The molecule has 4 heterocycles. The van der Waals surface area contributed by atoms with Crippen molar-refractivity contribution in [2.75, 3.05) is 0 Å². The molecule has 0 fully saturated rings. The summed E-state index contributed by atoms with van der Waals surface area (Å²) in [4.78, 5) is 21.0. The Bertz CT molecular complexity index is 975. The largest absolute Gasteiger partial charge is 2.00 e. The zero-order valence-electron chi connectivity index (χ0n) is 16.3. The molecule has 146 valence electrons. The third-order valence-electron chi connectivity index (χ3n) is 3.64. The van der Waals surface area contributed by atoms with Crippen LogP contribution in [0.5, 0.6) is 0 Å². The van der Waals surface area contributed by atoms with E-state index in [-0.39, 0.29) is 19.5 Å². The SMILES string of the molecule is [N-]=[N+]=[N-].[N-]=[N+]=[N-].[Zn+2].c1ccc(-c2cc(-c3ccccn3)nc(-c3ccccn3)c2)nc1. The van der Waals surface area contributed by atoms with E-state index < -0.39 is 0 Å². The van der Waals surface area contributed by atoms with Gasteiger partial charge in [0, 0.05) is 24.2 Å². The van der Waals surface area contributed by atoms with E-state index in [0.29, 0.717) is 0 Å². The second-order valence-corrected chi connectivity index (χ2v) is 5.45. The molecule has 0 aliphatic carbocycles. The first kappa shape index (κ1) is 24.9. The molecule has 0 aliphatic rings. The van der Waals surface area contributed by atoms with Gasteiger partial charge in [0.2, 0.25) is 0 Å². The van der Waals surface area contributed by atoms with Crippen LogP contribution in [-0.2, 0) is 19.5 Å². The van der Waals surface area contributed by atoms with Gasteiger partial charge < -0.3 is 22.1 Å². The first-order valence-corrected chi connectivity index (χ1v) is 8.46. The van der Waals surface area contributed by atoms with Crippen LogP contribution in [0.3, 0.4) is 0 Å². The minimum absolute atomic E-state index is 0. The van der Waals surface area contributed by atoms with Gasteiger partial charge in [0.05, 0.1) is 28.5 Å². The van der Waals surface area contributed by atoms with Crippen molar-refractivity contribution >= 4 is 0 Å². The van der Waals surface area contributed by atoms with Crippen LogP contribution < -0.4 is 0 Å². The van der Waals surface area contributed by atoms with Crippen molar-refractivity contribution in [1.29, 1.82) is 0 Å². The summed E-state index contributed by atoms with van der Waals surface area (Å²) in [6.07, 6.45) is 5.33. The topological polar surface area (TPSA) is 169 Å². The number of hydrogen-bond acceptors (Lipinski definition) is 4. The van der Waals surface area contributed by atoms with Crippen LogP contribution in [0.2, 0.25) is 0 Å². The molecule has 0 radical (unpaired) electrons. The smallest absolute Gasteiger partial charge is 0.373 e. The van der Waals surface area contributed by atoms with Gasteiger partial charge in [-0.2, -0.15) is 0 Å². The van der Waals surface area contributed by atoms with E-state index in [0.717, 1.165) is 34.0 Å². The number of aromatic nitrogens is 4. The van der Waals surface area contributed by atoms with Gasteiger partial charge in [-0.25, -0.2) is 4.98 Å². The average molecular weight is 460 g/mol. The van der Waals surface area contributed by atoms with E-state index in [1.807, 2.05) is 66.7 Å². The van der Waals surface area contributed by atoms with Crippen LogP contribution in [0.1, 0.15) is 0 Å². The van der Waals surface area contributed by atoms with Crippen molar-refractivity contribution < 1.29 is 19.5 Å². The van der Waals surface area contributed by atoms with Gasteiger partial charge in [-0.15, -0.1) is 0 Å². The molecular weight excluding hydrogens is 446 g/mol. The van der Waals surface area contributed by atoms with Crippen LogP contribution in [0.15, 0.2) is 85.3 Å². The van der Waals surface area contributed by atoms with Crippen molar-refractivity contribution in [2.24, 2.45) is 0 Å². The minimum atomic E-state index is 0. The Morgan fingerprint density at radius 3 is 1.19 bits per heavy atom. The Hall–Kier alpha value is -4.16. The predicted molar refractivity (Wildman–Crippen MR) is 114 cm³/mol. The first-order chi connectivity index (χ1) is 14.7. The molecule has 4 rings (SSSR count). The zero-order valence-corrected chi connectivity index (χ0v) is 19.2. The third-order valence-corrected chi connectivity index (χ3v) is 3.64. The van der Waals surface area contributed by atoms with Gasteiger partial charge in [0.15, 0.2) is 0 Å². The number of hydrogen-bond donors (Lipinski definition) is 0. The Kier molecular flexibility index (Phi) is 11.2. The summed E-state index contributed by atoms with van der Waals surface area (Å²) in [5.41, 5.74) is 32.2. The maximum atomic E-state index is 6.75. The summed E-state index contributed by atoms with van der Waals surface area (Å²) in [6, 6.07) is 21.5. The van der Waals surface area contributed by atoms with Crippen LogP contribution in [-0.4, -0.2) is 19.9 Å². The second-order valence-electron chi connectivity index (χ2n) is 5.45. The predicted octanol–water partition coefficient (Wildman–Crippen LogP) is 6.00. The van der Waals surface area contributed by atoms with Crippen molar-refractivity contribution in [3.05, 3.63) is 117 Å². The Morgan fingerprint density at radius 1 is 0.516 bits per heavy atom. The van der Waals surface area contributed by atoms with Gasteiger partial charge in [-0.3, -0.25) is 24.8 Å². The standard InChI is InChI=1S/C20H14N4.2N3.Zn/c1-4-10-21-16(7-1)15-13-19(17-8-2-5-11-22-17)24-20(14-15)18-9-3-6-12-23-18;2*1-3-2;/h1-14H;;;/q;2*-1;+2. The fourth-order valence-corrected chi connectivity index (χ4v) is 2.50. The Balaban J connectivity index is 0.000000620. The van der Waals surface area contributed by atoms with Crippen LogP contribution >= 0.6 is 0 Å². The number of pyridine rings is 4. The quantitative estimate of drug-likeness (QED) is 0.158. The Morgan fingerprint density at radius 2 is 0.871 bits per heavy atom. The summed E-state index contributed by atoms with van der Waals surface area (Å²) < 4.78 is 0. The molecule has 0 spiro atoms. The summed E-state index contributed by atoms with van der Waals surface area (Å²) in [5, 5.41) is 0. The number of rotatable bonds is 3. The molecular formula is C20H14N10Zn. The molecule has 0 saturated heterocycles. The van der Waals surface area contributed by atoms with Gasteiger partial charge in [0.25, 0.3) is 0 Å². The monoisotopic (exact) mass is 458 g/mol. The molecule has 10 nitrogen and oxygen atoms in total. The van der Waals surface area contributed by atoms with Gasteiger partial charge in [-0.1, -0.05) is 18.2 Å². The van der Waals surface area contributed by atoms with Crippen molar-refractivity contribution in [1.82, 2.24) is 19.9 Å². The van der Waals surface area contributed by atoms with E-state index >= 15 is 0 Å². The molecule has 0 atom stereocenters. The normalized spacial score (nSPS) is 8.65. The molecule has 0 amide bonds. The molecule has 0 saturated carbocycles. The van der Waals surface area contributed by atoms with E-state index in [9.17, 15) is 0 Å². The molecule has 0 N–H and O–H groups in total. The minimum Gasteiger partial charge on any atom is -0.373 e. The van der Waals surface area contributed by atoms with Crippen molar-refractivity contribution in [2.45, 2.75) is 0 Å². The zero-order chi connectivity index (χ0) is 21.6. The second kappa shape index (κ2) is 13.9. The first-order valence-electron chi connectivity index (χ1n) is 8.46. The van der Waals surface area contributed by atoms with E-state index in [4.69, 9.17) is 27.1 Å². The Labute approximate surface area is 190 Å². The van der Waals surface area contributed by atoms with Crippen LogP contribution in [0, 0.1) is 0 Å². The van der Waals surface area contributed by atoms with Gasteiger partial charge >= 0.3 is 19.5 Å². The van der Waals surface area contributed by atoms with E-state index in [2.05, 4.69) is 15.0 Å². The van der Waals surface area contributed by atoms with E-state index in [1.165, 1.54) is 9.82 Å². The van der Waals surface area contributed by atoms with Gasteiger partial charge in [0.1, 0.15) is 0 Å². The molecule has 0 aliphatic heterocycles. The van der Waals surface area contributed by atoms with Crippen LogP contribution in [0.4, 0.5) is 0 Å². The molecule has 0 aromatic carbocycles. The molecule has 0 bridgehead atoms. The summed E-state index contributed by atoms with van der Waals surface area (Å²) >= 11 is 0. The molecule has 4 aromatic rings. The fraction of sp³-hybridized carbons (Fsp3) is 0. The molecule has 4 aromatic heterocycles. The summed E-state index contributed by atoms with van der Waals surface area (Å²) in [6.45, 7) is 0. The van der Waals surface area contributed by atoms with Crippen molar-refractivity contribution in [3.8, 4) is 34.0 Å². The summed E-state index contributed by atoms with van der Waals surface area (Å²) in [5.74, 6) is 0. The summed E-state index contributed by atoms with van der Waals surface area (Å²) in [7, 11) is 0. The van der Waals surface area contributed by atoms with Gasteiger partial charge in [-0.05, 0) is 48.5 Å². The molecule has 11 heteroatoms. The van der Waals surface area contributed by atoms with Crippen LogP contribution in [0.25, 0.3) is 66.0 Å². The molecule has 31 heavy (non-hydrogen) atoms. The average Bonchev–Trinajstić information content (AvgIpc) is 2.82. The number of nitrogens with zero attached hydrogens (tertiary/aromatic N) is 10. The third kappa shape index (κ3) is 7.64. The van der Waals surface area contributed by atoms with E-state index in [1.54, 1.807) is 18.6 Å². The van der Waals surface area contributed by atoms with Crippen molar-refractivity contribution in [3.63, 3.8) is 0 Å². The maximum Gasteiger partial charge on any atom is 2.00 e. The fourth-order valence-electron chi connectivity index (χ4n) is 2.50.